The number of benzene rings is 1. The van der Waals surface area contributed by atoms with E-state index in [4.69, 9.17) is 5.73 Å². The van der Waals surface area contributed by atoms with E-state index in [0.29, 0.717) is 12.0 Å². The monoisotopic (exact) mass is 246 g/mol. The fourth-order valence-electron chi connectivity index (χ4n) is 3.02. The Morgan fingerprint density at radius 2 is 1.67 bits per heavy atom. The molecule has 1 fully saturated rings. The van der Waals surface area contributed by atoms with Crippen LogP contribution < -0.4 is 5.73 Å². The van der Waals surface area contributed by atoms with Gasteiger partial charge >= 0.3 is 0 Å². The first kappa shape index (κ1) is 13.4. The number of nitrogen functional groups attached to an aromatic ring is 1. The maximum atomic E-state index is 5.79. The lowest BCUT2D eigenvalue weighted by Gasteiger charge is -2.39. The van der Waals surface area contributed by atoms with Crippen LogP contribution in [0.15, 0.2) is 24.3 Å². The average Bonchev–Trinajstić information content (AvgIpc) is 2.34. The van der Waals surface area contributed by atoms with E-state index in [1.807, 2.05) is 12.1 Å². The number of nitrogens with two attached hydrogens (primary N) is 1. The Hall–Kier alpha value is -1.02. The summed E-state index contributed by atoms with van der Waals surface area (Å²) in [6, 6.07) is 8.98. The van der Waals surface area contributed by atoms with Crippen LogP contribution in [0, 0.1) is 11.8 Å². The molecular weight excluding hydrogens is 220 g/mol. The molecule has 0 spiro atoms. The third-order valence-corrected chi connectivity index (χ3v) is 4.12. The van der Waals surface area contributed by atoms with Crippen LogP contribution >= 0.6 is 0 Å². The number of hydrogen-bond acceptors (Lipinski definition) is 2. The molecule has 0 radical (unpaired) electrons. The second-order valence-electron chi connectivity index (χ2n) is 6.07. The third-order valence-electron chi connectivity index (χ3n) is 4.12. The van der Waals surface area contributed by atoms with Gasteiger partial charge in [0, 0.05) is 11.7 Å². The van der Waals surface area contributed by atoms with Crippen LogP contribution in [0.1, 0.15) is 45.2 Å². The minimum absolute atomic E-state index is 0.540. The first-order chi connectivity index (χ1) is 8.58. The zero-order chi connectivity index (χ0) is 13.1. The number of rotatable bonds is 3. The Morgan fingerprint density at radius 3 is 2.17 bits per heavy atom. The van der Waals surface area contributed by atoms with Gasteiger partial charge in [-0.1, -0.05) is 32.9 Å². The zero-order valence-corrected chi connectivity index (χ0v) is 11.9. The smallest absolute Gasteiger partial charge is 0.0371 e. The molecule has 0 aliphatic carbocycles. The van der Waals surface area contributed by atoms with Gasteiger partial charge < -0.3 is 5.73 Å². The fraction of sp³-hybridized carbons (Fsp3) is 0.625. The Labute approximate surface area is 111 Å². The van der Waals surface area contributed by atoms with E-state index in [1.165, 1.54) is 31.5 Å². The molecular formula is C16H26N2. The van der Waals surface area contributed by atoms with Gasteiger partial charge in [-0.3, -0.25) is 4.90 Å². The number of anilines is 1. The van der Waals surface area contributed by atoms with E-state index < -0.39 is 0 Å². The number of nitrogens with zero attached hydrogens (tertiary/aromatic N) is 1. The Balaban J connectivity index is 2.15. The molecule has 1 aliphatic rings. The Bertz CT molecular complexity index is 361. The van der Waals surface area contributed by atoms with E-state index in [-0.39, 0.29) is 0 Å². The molecule has 1 atom stereocenters. The topological polar surface area (TPSA) is 29.3 Å². The standard InChI is InChI=1S/C16H26N2/c1-12(2)16(14-4-6-15(17)7-5-14)18-10-8-13(3)9-11-18/h4-7,12-13,16H,8-11,17H2,1-3H3. The normalized spacial score (nSPS) is 20.2. The summed E-state index contributed by atoms with van der Waals surface area (Å²) in [5.74, 6) is 1.53. The molecule has 2 nitrogen and oxygen atoms in total. The number of piperidine rings is 1. The summed E-state index contributed by atoms with van der Waals surface area (Å²) in [6.07, 6.45) is 2.66. The van der Waals surface area contributed by atoms with E-state index in [1.54, 1.807) is 0 Å². The van der Waals surface area contributed by atoms with Crippen LogP contribution in [0.3, 0.4) is 0 Å². The summed E-state index contributed by atoms with van der Waals surface area (Å²) in [5, 5.41) is 0. The van der Waals surface area contributed by atoms with Gasteiger partial charge in [-0.05, 0) is 55.5 Å². The predicted molar refractivity (Wildman–Crippen MR) is 78.4 cm³/mol. The zero-order valence-electron chi connectivity index (χ0n) is 11.9. The number of hydrogen-bond donors (Lipinski definition) is 1. The van der Waals surface area contributed by atoms with Crippen molar-refractivity contribution < 1.29 is 0 Å². The molecule has 1 saturated heterocycles. The maximum Gasteiger partial charge on any atom is 0.0371 e. The molecule has 18 heavy (non-hydrogen) atoms. The van der Waals surface area contributed by atoms with E-state index in [9.17, 15) is 0 Å². The van der Waals surface area contributed by atoms with Crippen LogP contribution in [0.4, 0.5) is 5.69 Å². The average molecular weight is 246 g/mol. The minimum Gasteiger partial charge on any atom is -0.399 e. The van der Waals surface area contributed by atoms with E-state index in [2.05, 4.69) is 37.8 Å². The lowest BCUT2D eigenvalue weighted by Crippen LogP contribution is -2.38. The van der Waals surface area contributed by atoms with Crippen molar-refractivity contribution in [2.75, 3.05) is 18.8 Å². The van der Waals surface area contributed by atoms with Crippen LogP contribution in [0.25, 0.3) is 0 Å². The highest BCUT2D eigenvalue weighted by Crippen LogP contribution is 2.32. The number of likely N-dealkylation sites (tertiary alicyclic amines) is 1. The molecule has 1 aromatic rings. The van der Waals surface area contributed by atoms with Crippen LogP contribution in [-0.4, -0.2) is 18.0 Å². The fourth-order valence-corrected chi connectivity index (χ4v) is 3.02. The van der Waals surface area contributed by atoms with Crippen LogP contribution in [-0.2, 0) is 0 Å². The van der Waals surface area contributed by atoms with Crippen LogP contribution in [0.5, 0.6) is 0 Å². The van der Waals surface area contributed by atoms with Crippen molar-refractivity contribution in [2.24, 2.45) is 11.8 Å². The van der Waals surface area contributed by atoms with E-state index in [0.717, 1.165) is 11.6 Å². The lowest BCUT2D eigenvalue weighted by molar-refractivity contribution is 0.108. The molecule has 1 aromatic carbocycles. The van der Waals surface area contributed by atoms with Gasteiger partial charge in [0.2, 0.25) is 0 Å². The highest BCUT2D eigenvalue weighted by molar-refractivity contribution is 5.40. The molecule has 0 saturated carbocycles. The van der Waals surface area contributed by atoms with Gasteiger partial charge in [-0.2, -0.15) is 0 Å². The molecule has 2 N–H and O–H groups in total. The second-order valence-corrected chi connectivity index (χ2v) is 6.07. The van der Waals surface area contributed by atoms with Gasteiger partial charge in [0.15, 0.2) is 0 Å². The predicted octanol–water partition coefficient (Wildman–Crippen LogP) is 3.70. The van der Waals surface area contributed by atoms with Gasteiger partial charge in [0.05, 0.1) is 0 Å². The summed E-state index contributed by atoms with van der Waals surface area (Å²) >= 11 is 0. The summed E-state index contributed by atoms with van der Waals surface area (Å²) in [5.41, 5.74) is 8.05. The van der Waals surface area contributed by atoms with E-state index >= 15 is 0 Å². The van der Waals surface area contributed by atoms with Crippen molar-refractivity contribution in [3.63, 3.8) is 0 Å². The first-order valence-electron chi connectivity index (χ1n) is 7.17. The largest absolute Gasteiger partial charge is 0.399 e. The molecule has 0 bridgehead atoms. The first-order valence-corrected chi connectivity index (χ1v) is 7.17. The molecule has 2 rings (SSSR count). The van der Waals surface area contributed by atoms with Crippen molar-refractivity contribution in [1.82, 2.24) is 4.90 Å². The summed E-state index contributed by atoms with van der Waals surface area (Å²) in [6.45, 7) is 9.46. The Kier molecular flexibility index (Phi) is 4.28. The molecule has 0 amide bonds. The maximum absolute atomic E-state index is 5.79. The minimum atomic E-state index is 0.540. The molecule has 100 valence electrons. The summed E-state index contributed by atoms with van der Waals surface area (Å²) in [7, 11) is 0. The van der Waals surface area contributed by atoms with Crippen LogP contribution in [0.2, 0.25) is 0 Å². The van der Waals surface area contributed by atoms with Gasteiger partial charge in [0.25, 0.3) is 0 Å². The van der Waals surface area contributed by atoms with Crippen molar-refractivity contribution in [2.45, 2.75) is 39.7 Å². The highest BCUT2D eigenvalue weighted by atomic mass is 15.2. The van der Waals surface area contributed by atoms with Crippen molar-refractivity contribution in [1.29, 1.82) is 0 Å². The quantitative estimate of drug-likeness (QED) is 0.824. The summed E-state index contributed by atoms with van der Waals surface area (Å²) in [4.78, 5) is 2.65. The van der Waals surface area contributed by atoms with Gasteiger partial charge in [-0.25, -0.2) is 0 Å². The SMILES string of the molecule is CC1CCN(C(c2ccc(N)cc2)C(C)C)CC1. The molecule has 1 heterocycles. The molecule has 1 aliphatic heterocycles. The van der Waals surface area contributed by atoms with Crippen molar-refractivity contribution in [3.05, 3.63) is 29.8 Å². The second kappa shape index (κ2) is 5.75. The van der Waals surface area contributed by atoms with Gasteiger partial charge in [0.1, 0.15) is 0 Å². The Morgan fingerprint density at radius 1 is 1.11 bits per heavy atom. The molecule has 0 aromatic heterocycles. The lowest BCUT2D eigenvalue weighted by atomic mass is 9.90. The summed E-state index contributed by atoms with van der Waals surface area (Å²) < 4.78 is 0. The highest BCUT2D eigenvalue weighted by Gasteiger charge is 2.26. The van der Waals surface area contributed by atoms with Crippen molar-refractivity contribution >= 4 is 5.69 Å². The molecule has 2 heteroatoms. The molecule has 1 unspecified atom stereocenters. The third kappa shape index (κ3) is 3.05. The van der Waals surface area contributed by atoms with Crippen molar-refractivity contribution in [3.8, 4) is 0 Å². The van der Waals surface area contributed by atoms with Gasteiger partial charge in [-0.15, -0.1) is 0 Å².